The number of rotatable bonds is 2. The number of hydrogen-bond acceptors (Lipinski definition) is 1. The monoisotopic (exact) mass is 208 g/mol. The maximum Gasteiger partial charge on any atom is 1.00 e. The molecule has 0 N–H and O–H groups in total. The molecule has 1 aromatic rings. The Bertz CT molecular complexity index is 312. The summed E-state index contributed by atoms with van der Waals surface area (Å²) in [5.41, 5.74) is 0. The fourth-order valence-corrected chi connectivity index (χ4v) is 1.66. The van der Waals surface area contributed by atoms with Crippen LogP contribution < -0.4 is 23.3 Å². The van der Waals surface area contributed by atoms with Crippen molar-refractivity contribution in [3.63, 3.8) is 0 Å². The molecule has 0 spiro atoms. The molecule has 0 atom stereocenters. The molecule has 72 valence electrons. The van der Waals surface area contributed by atoms with Crippen LogP contribution in [0.2, 0.25) is 19.6 Å². The maximum atomic E-state index is 13.0. The van der Waals surface area contributed by atoms with Gasteiger partial charge in [-0.15, -0.1) is 12.1 Å². The molecule has 0 aromatic heterocycles. The minimum Gasteiger partial charge on any atom is -0.562 e. The first-order chi connectivity index (χ1) is 5.90. The predicted octanol–water partition coefficient (Wildman–Crippen LogP) is -0.0173. The molecular weight excluding hydrogens is 197 g/mol. The molecule has 0 amide bonds. The Labute approximate surface area is 95.8 Å². The molecule has 0 saturated carbocycles. The van der Waals surface area contributed by atoms with Crippen molar-refractivity contribution in [3.05, 3.63) is 29.8 Å². The quantitative estimate of drug-likeness (QED) is 0.490. The molecule has 0 radical (unpaired) electrons. The second kappa shape index (κ2) is 4.97. The van der Waals surface area contributed by atoms with Crippen molar-refractivity contribution in [2.75, 3.05) is 0 Å². The first-order valence-corrected chi connectivity index (χ1v) is 7.36. The molecule has 0 bridgehead atoms. The van der Waals surface area contributed by atoms with Crippen LogP contribution in [0.1, 0.15) is 0 Å². The van der Waals surface area contributed by atoms with Gasteiger partial charge >= 0.3 is 18.9 Å². The van der Waals surface area contributed by atoms with Crippen molar-refractivity contribution >= 4 is 8.32 Å². The SMILES string of the molecule is C[Si](C)(C)Oc1cc[c-]c(F)c1F.[Li+]. The Morgan fingerprint density at radius 3 is 2.36 bits per heavy atom. The van der Waals surface area contributed by atoms with E-state index < -0.39 is 20.0 Å². The van der Waals surface area contributed by atoms with Crippen molar-refractivity contribution in [3.8, 4) is 5.75 Å². The average molecular weight is 208 g/mol. The van der Waals surface area contributed by atoms with Crippen LogP contribution in [-0.4, -0.2) is 8.32 Å². The van der Waals surface area contributed by atoms with Crippen LogP contribution in [0.3, 0.4) is 0 Å². The van der Waals surface area contributed by atoms with Gasteiger partial charge in [-0.3, -0.25) is 4.39 Å². The van der Waals surface area contributed by atoms with E-state index in [1.54, 1.807) is 0 Å². The third kappa shape index (κ3) is 3.83. The number of halogens is 2. The van der Waals surface area contributed by atoms with Gasteiger partial charge in [-0.1, -0.05) is 0 Å². The zero-order chi connectivity index (χ0) is 10.1. The van der Waals surface area contributed by atoms with Gasteiger partial charge in [-0.05, 0) is 19.6 Å². The van der Waals surface area contributed by atoms with Gasteiger partial charge in [0, 0.05) is 11.6 Å². The van der Waals surface area contributed by atoms with Gasteiger partial charge < -0.3 is 4.43 Å². The summed E-state index contributed by atoms with van der Waals surface area (Å²) in [5, 5.41) is 0. The predicted molar refractivity (Wildman–Crippen MR) is 49.2 cm³/mol. The van der Waals surface area contributed by atoms with E-state index in [2.05, 4.69) is 6.07 Å². The number of hydrogen-bond donors (Lipinski definition) is 0. The Balaban J connectivity index is 0.00000169. The van der Waals surface area contributed by atoms with Crippen LogP contribution in [0.4, 0.5) is 8.78 Å². The fourth-order valence-electron chi connectivity index (χ4n) is 0.844. The fraction of sp³-hybridized carbons (Fsp3) is 0.333. The van der Waals surface area contributed by atoms with Crippen LogP contribution in [-0.2, 0) is 0 Å². The van der Waals surface area contributed by atoms with Gasteiger partial charge in [0.1, 0.15) is 0 Å². The van der Waals surface area contributed by atoms with E-state index in [0.29, 0.717) is 0 Å². The van der Waals surface area contributed by atoms with Gasteiger partial charge in [0.25, 0.3) is 0 Å². The third-order valence-corrected chi connectivity index (χ3v) is 2.10. The molecule has 1 rings (SSSR count). The molecule has 0 heterocycles. The van der Waals surface area contributed by atoms with E-state index in [4.69, 9.17) is 4.43 Å². The summed E-state index contributed by atoms with van der Waals surface area (Å²) >= 11 is 0. The molecule has 5 heteroatoms. The minimum atomic E-state index is -1.87. The summed E-state index contributed by atoms with van der Waals surface area (Å²) in [7, 11) is -1.87. The van der Waals surface area contributed by atoms with Crippen LogP contribution in [0.5, 0.6) is 5.75 Å². The maximum absolute atomic E-state index is 13.0. The smallest absolute Gasteiger partial charge is 0.562 e. The van der Waals surface area contributed by atoms with E-state index in [1.165, 1.54) is 12.1 Å². The number of benzene rings is 1. The molecule has 0 aliphatic rings. The Kier molecular flexibility index (Phi) is 4.86. The summed E-state index contributed by atoms with van der Waals surface area (Å²) < 4.78 is 31.0. The summed E-state index contributed by atoms with van der Waals surface area (Å²) in [5.74, 6) is -1.96. The van der Waals surface area contributed by atoms with Gasteiger partial charge in [-0.2, -0.15) is 6.07 Å². The van der Waals surface area contributed by atoms with E-state index >= 15 is 0 Å². The zero-order valence-electron chi connectivity index (χ0n) is 8.82. The Morgan fingerprint density at radius 1 is 1.29 bits per heavy atom. The van der Waals surface area contributed by atoms with Crippen molar-refractivity contribution in [1.29, 1.82) is 0 Å². The van der Waals surface area contributed by atoms with E-state index in [-0.39, 0.29) is 24.6 Å². The average Bonchev–Trinajstić information content (AvgIpc) is 1.96. The molecule has 0 aliphatic heterocycles. The van der Waals surface area contributed by atoms with Crippen molar-refractivity contribution in [1.82, 2.24) is 0 Å². The second-order valence-corrected chi connectivity index (χ2v) is 8.11. The van der Waals surface area contributed by atoms with Crippen LogP contribution >= 0.6 is 0 Å². The Morgan fingerprint density at radius 2 is 1.86 bits per heavy atom. The van der Waals surface area contributed by atoms with Crippen LogP contribution in [0, 0.1) is 17.7 Å². The van der Waals surface area contributed by atoms with Gasteiger partial charge in [-0.25, -0.2) is 4.39 Å². The molecule has 1 nitrogen and oxygen atoms in total. The summed E-state index contributed by atoms with van der Waals surface area (Å²) in [6.45, 7) is 5.71. The largest absolute Gasteiger partial charge is 1.00 e. The summed E-state index contributed by atoms with van der Waals surface area (Å²) in [6, 6.07) is 4.82. The van der Waals surface area contributed by atoms with Crippen LogP contribution in [0.25, 0.3) is 0 Å². The first-order valence-electron chi connectivity index (χ1n) is 3.95. The van der Waals surface area contributed by atoms with E-state index in [9.17, 15) is 8.78 Å². The van der Waals surface area contributed by atoms with Gasteiger partial charge in [0.05, 0.1) is 5.82 Å². The first kappa shape index (κ1) is 13.7. The van der Waals surface area contributed by atoms with Gasteiger partial charge in [0.15, 0.2) is 0 Å². The molecule has 0 fully saturated rings. The van der Waals surface area contributed by atoms with Crippen molar-refractivity contribution < 1.29 is 32.1 Å². The molecule has 1 aromatic carbocycles. The van der Waals surface area contributed by atoms with Gasteiger partial charge in [0.2, 0.25) is 8.32 Å². The standard InChI is InChI=1S/C9H11F2OSi.Li/c1-13(2,3)12-8-6-4-5-7(10)9(8)11;/h4,6H,1-3H3;/q-1;+1. The summed E-state index contributed by atoms with van der Waals surface area (Å²) in [4.78, 5) is 0. The Hall–Kier alpha value is -0.306. The summed E-state index contributed by atoms with van der Waals surface area (Å²) in [6.07, 6.45) is 0. The minimum absolute atomic E-state index is 0. The second-order valence-electron chi connectivity index (χ2n) is 3.68. The van der Waals surface area contributed by atoms with Crippen molar-refractivity contribution in [2.24, 2.45) is 0 Å². The third-order valence-electron chi connectivity index (χ3n) is 1.27. The van der Waals surface area contributed by atoms with E-state index in [1.807, 2.05) is 19.6 Å². The molecule has 0 unspecified atom stereocenters. The molecule has 0 aliphatic carbocycles. The van der Waals surface area contributed by atoms with Crippen molar-refractivity contribution in [2.45, 2.75) is 19.6 Å². The topological polar surface area (TPSA) is 9.23 Å². The molecule has 0 saturated heterocycles. The van der Waals surface area contributed by atoms with Crippen LogP contribution in [0.15, 0.2) is 12.1 Å². The molecule has 14 heavy (non-hydrogen) atoms. The normalized spacial score (nSPS) is 10.6. The van der Waals surface area contributed by atoms with E-state index in [0.717, 1.165) is 0 Å². The molecular formula is C9H11F2LiOSi. The zero-order valence-corrected chi connectivity index (χ0v) is 9.82.